The fourth-order valence-corrected chi connectivity index (χ4v) is 3.61. The minimum Gasteiger partial charge on any atom is -0.397 e. The summed E-state index contributed by atoms with van der Waals surface area (Å²) in [5, 5.41) is 9.49. The van der Waals surface area contributed by atoms with Gasteiger partial charge in [-0.2, -0.15) is 0 Å². The Morgan fingerprint density at radius 1 is 1.38 bits per heavy atom. The molecule has 2 rings (SSSR count). The van der Waals surface area contributed by atoms with Gasteiger partial charge in [-0.05, 0) is 37.5 Å². The number of aliphatic hydroxyl groups excluding tert-OH is 1. The predicted octanol–water partition coefficient (Wildman–Crippen LogP) is 0.870. The minimum atomic E-state index is -3.48. The highest BCUT2D eigenvalue weighted by Gasteiger charge is 2.25. The van der Waals surface area contributed by atoms with Crippen LogP contribution in [0.5, 0.6) is 0 Å². The van der Waals surface area contributed by atoms with Crippen molar-refractivity contribution in [1.29, 1.82) is 0 Å². The number of sulfonamides is 1. The lowest BCUT2D eigenvalue weighted by atomic mass is 10.0. The summed E-state index contributed by atoms with van der Waals surface area (Å²) in [5.41, 5.74) is 7.29. The summed E-state index contributed by atoms with van der Waals surface area (Å²) in [6.45, 7) is 0.909. The number of rotatable bonds is 4. The Morgan fingerprint density at radius 2 is 2.10 bits per heavy atom. The molecule has 0 spiro atoms. The average Bonchev–Trinajstić information content (AvgIpc) is 2.47. The van der Waals surface area contributed by atoms with Gasteiger partial charge in [0.25, 0.3) is 0 Å². The molecule has 1 aromatic carbocycles. The van der Waals surface area contributed by atoms with E-state index in [2.05, 4.69) is 4.90 Å². The van der Waals surface area contributed by atoms with Gasteiger partial charge in [-0.15, -0.1) is 0 Å². The molecule has 0 radical (unpaired) electrons. The summed E-state index contributed by atoms with van der Waals surface area (Å²) in [5.74, 6) is 0. The molecule has 21 heavy (non-hydrogen) atoms. The normalized spacial score (nSPS) is 20.0. The molecular formula is C14H23N3O3S. The van der Waals surface area contributed by atoms with Crippen LogP contribution in [0.2, 0.25) is 0 Å². The van der Waals surface area contributed by atoms with E-state index in [1.165, 1.54) is 24.5 Å². The number of piperidine rings is 1. The molecule has 1 aromatic rings. The first-order chi connectivity index (χ1) is 9.87. The van der Waals surface area contributed by atoms with Gasteiger partial charge < -0.3 is 15.7 Å². The summed E-state index contributed by atoms with van der Waals surface area (Å²) >= 11 is 0. The Kier molecular flexibility index (Phi) is 4.75. The van der Waals surface area contributed by atoms with E-state index >= 15 is 0 Å². The van der Waals surface area contributed by atoms with Crippen LogP contribution in [-0.2, 0) is 10.0 Å². The number of nitrogen functional groups attached to an aromatic ring is 1. The van der Waals surface area contributed by atoms with E-state index in [9.17, 15) is 13.5 Å². The quantitative estimate of drug-likeness (QED) is 0.806. The van der Waals surface area contributed by atoms with Gasteiger partial charge in [-0.1, -0.05) is 0 Å². The molecule has 1 aliphatic heterocycles. The highest BCUT2D eigenvalue weighted by Crippen LogP contribution is 2.31. The standard InChI is InChI=1S/C14H23N3O3S/c1-16(2)21(19,20)12-6-7-14(13(15)9-12)17-8-4-3-5-11(17)10-18/h6-7,9,11,18H,3-5,8,10,15H2,1-2H3. The molecule has 1 heterocycles. The molecule has 6 nitrogen and oxygen atoms in total. The van der Waals surface area contributed by atoms with Crippen molar-refractivity contribution in [1.82, 2.24) is 4.31 Å². The third-order valence-corrected chi connectivity index (χ3v) is 5.74. The van der Waals surface area contributed by atoms with Crippen LogP contribution in [0.1, 0.15) is 19.3 Å². The van der Waals surface area contributed by atoms with Crippen molar-refractivity contribution in [2.75, 3.05) is 37.9 Å². The first-order valence-electron chi connectivity index (χ1n) is 7.07. The molecule has 0 saturated carbocycles. The smallest absolute Gasteiger partial charge is 0.242 e. The van der Waals surface area contributed by atoms with E-state index in [1.807, 2.05) is 0 Å². The highest BCUT2D eigenvalue weighted by molar-refractivity contribution is 7.89. The number of nitrogens with zero attached hydrogens (tertiary/aromatic N) is 2. The zero-order valence-electron chi connectivity index (χ0n) is 12.5. The Balaban J connectivity index is 2.35. The lowest BCUT2D eigenvalue weighted by Gasteiger charge is -2.37. The van der Waals surface area contributed by atoms with Crippen LogP contribution in [-0.4, -0.2) is 51.1 Å². The van der Waals surface area contributed by atoms with Crippen LogP contribution in [0.15, 0.2) is 23.1 Å². The molecule has 1 fully saturated rings. The van der Waals surface area contributed by atoms with Gasteiger partial charge >= 0.3 is 0 Å². The zero-order chi connectivity index (χ0) is 15.6. The number of anilines is 2. The lowest BCUT2D eigenvalue weighted by Crippen LogP contribution is -2.42. The molecule has 0 aliphatic carbocycles. The van der Waals surface area contributed by atoms with Crippen LogP contribution < -0.4 is 10.6 Å². The molecule has 1 atom stereocenters. The molecule has 0 amide bonds. The van der Waals surface area contributed by atoms with E-state index in [4.69, 9.17) is 5.73 Å². The number of benzene rings is 1. The fraction of sp³-hybridized carbons (Fsp3) is 0.571. The summed E-state index contributed by atoms with van der Waals surface area (Å²) in [7, 11) is -0.497. The van der Waals surface area contributed by atoms with E-state index in [-0.39, 0.29) is 17.5 Å². The van der Waals surface area contributed by atoms with E-state index in [1.54, 1.807) is 12.1 Å². The third kappa shape index (κ3) is 3.14. The van der Waals surface area contributed by atoms with Gasteiger partial charge in [-0.25, -0.2) is 12.7 Å². The first kappa shape index (κ1) is 16.1. The van der Waals surface area contributed by atoms with Crippen molar-refractivity contribution in [2.24, 2.45) is 0 Å². The second kappa shape index (κ2) is 6.21. The molecule has 1 aliphatic rings. The van der Waals surface area contributed by atoms with Gasteiger partial charge in [0.05, 0.1) is 28.9 Å². The van der Waals surface area contributed by atoms with Crippen LogP contribution in [0.3, 0.4) is 0 Å². The maximum atomic E-state index is 12.1. The molecule has 7 heteroatoms. The molecule has 0 aromatic heterocycles. The first-order valence-corrected chi connectivity index (χ1v) is 8.51. The number of hydrogen-bond acceptors (Lipinski definition) is 5. The van der Waals surface area contributed by atoms with Gasteiger partial charge in [-0.3, -0.25) is 0 Å². The Bertz CT molecular complexity index is 601. The average molecular weight is 313 g/mol. The molecule has 118 valence electrons. The van der Waals surface area contributed by atoms with E-state index < -0.39 is 10.0 Å². The van der Waals surface area contributed by atoms with Crippen molar-refractivity contribution in [2.45, 2.75) is 30.2 Å². The second-order valence-corrected chi connectivity index (χ2v) is 7.69. The Labute approximate surface area is 126 Å². The monoisotopic (exact) mass is 313 g/mol. The summed E-state index contributed by atoms with van der Waals surface area (Å²) in [6, 6.07) is 4.86. The topological polar surface area (TPSA) is 86.9 Å². The van der Waals surface area contributed by atoms with Crippen LogP contribution in [0, 0.1) is 0 Å². The van der Waals surface area contributed by atoms with Crippen LogP contribution in [0.25, 0.3) is 0 Å². The van der Waals surface area contributed by atoms with Crippen molar-refractivity contribution in [3.05, 3.63) is 18.2 Å². The van der Waals surface area contributed by atoms with Crippen molar-refractivity contribution >= 4 is 21.4 Å². The lowest BCUT2D eigenvalue weighted by molar-refractivity contribution is 0.240. The van der Waals surface area contributed by atoms with Crippen LogP contribution >= 0.6 is 0 Å². The van der Waals surface area contributed by atoms with Crippen molar-refractivity contribution in [3.8, 4) is 0 Å². The van der Waals surface area contributed by atoms with Crippen LogP contribution in [0.4, 0.5) is 11.4 Å². The van der Waals surface area contributed by atoms with Crippen molar-refractivity contribution < 1.29 is 13.5 Å². The minimum absolute atomic E-state index is 0.0531. The third-order valence-electron chi connectivity index (χ3n) is 3.92. The van der Waals surface area contributed by atoms with Crippen molar-refractivity contribution in [3.63, 3.8) is 0 Å². The number of aliphatic hydroxyl groups is 1. The molecule has 0 bridgehead atoms. The predicted molar refractivity (Wildman–Crippen MR) is 83.8 cm³/mol. The number of nitrogens with two attached hydrogens (primary N) is 1. The van der Waals surface area contributed by atoms with E-state index in [0.717, 1.165) is 31.5 Å². The molecule has 1 saturated heterocycles. The Hall–Kier alpha value is -1.31. The van der Waals surface area contributed by atoms with Gasteiger partial charge in [0.2, 0.25) is 10.0 Å². The van der Waals surface area contributed by atoms with E-state index in [0.29, 0.717) is 5.69 Å². The fourth-order valence-electron chi connectivity index (χ4n) is 2.67. The molecule has 1 unspecified atom stereocenters. The second-order valence-electron chi connectivity index (χ2n) is 5.53. The maximum absolute atomic E-state index is 12.1. The summed E-state index contributed by atoms with van der Waals surface area (Å²) in [4.78, 5) is 2.26. The molecular weight excluding hydrogens is 290 g/mol. The molecule has 3 N–H and O–H groups in total. The van der Waals surface area contributed by atoms with Gasteiger partial charge in [0, 0.05) is 20.6 Å². The van der Waals surface area contributed by atoms with Gasteiger partial charge in [0.15, 0.2) is 0 Å². The highest BCUT2D eigenvalue weighted by atomic mass is 32.2. The summed E-state index contributed by atoms with van der Waals surface area (Å²) in [6.07, 6.45) is 3.07. The number of hydrogen-bond donors (Lipinski definition) is 2. The SMILES string of the molecule is CN(C)S(=O)(=O)c1ccc(N2CCCCC2CO)c(N)c1. The summed E-state index contributed by atoms with van der Waals surface area (Å²) < 4.78 is 25.4. The zero-order valence-corrected chi connectivity index (χ0v) is 13.3. The largest absolute Gasteiger partial charge is 0.397 e. The Morgan fingerprint density at radius 3 is 2.67 bits per heavy atom. The van der Waals surface area contributed by atoms with Gasteiger partial charge in [0.1, 0.15) is 0 Å². The maximum Gasteiger partial charge on any atom is 0.242 e.